The van der Waals surface area contributed by atoms with Crippen LogP contribution in [0.4, 0.5) is 8.78 Å². The number of ether oxygens (including phenoxy) is 1. The molecule has 5 nitrogen and oxygen atoms in total. The molecule has 3 aromatic rings. The molecule has 0 N–H and O–H groups in total. The zero-order valence-corrected chi connectivity index (χ0v) is 15.9. The van der Waals surface area contributed by atoms with Gasteiger partial charge in [0.05, 0.1) is 30.8 Å². The molecule has 1 aliphatic heterocycles. The van der Waals surface area contributed by atoms with E-state index in [1.54, 1.807) is 48.2 Å². The van der Waals surface area contributed by atoms with Crippen molar-refractivity contribution in [3.8, 4) is 11.5 Å². The van der Waals surface area contributed by atoms with Crippen molar-refractivity contribution in [2.45, 2.75) is 19.4 Å². The highest BCUT2D eigenvalue weighted by Crippen LogP contribution is 2.27. The largest absolute Gasteiger partial charge is 0.441 e. The topological polar surface area (TPSA) is 55.6 Å². The van der Waals surface area contributed by atoms with Gasteiger partial charge in [0.1, 0.15) is 23.5 Å². The third-order valence-electron chi connectivity index (χ3n) is 4.99. The van der Waals surface area contributed by atoms with Crippen molar-refractivity contribution in [2.24, 2.45) is 0 Å². The van der Waals surface area contributed by atoms with Crippen molar-refractivity contribution < 1.29 is 22.7 Å². The molecule has 7 heteroatoms. The quantitative estimate of drug-likeness (QED) is 0.665. The van der Waals surface area contributed by atoms with Gasteiger partial charge >= 0.3 is 0 Å². The van der Waals surface area contributed by atoms with E-state index in [0.29, 0.717) is 30.2 Å². The molecule has 29 heavy (non-hydrogen) atoms. The molecule has 150 valence electrons. The van der Waals surface area contributed by atoms with E-state index in [1.165, 1.54) is 12.1 Å². The molecule has 1 amide bonds. The van der Waals surface area contributed by atoms with E-state index in [0.717, 1.165) is 0 Å². The molecule has 0 bridgehead atoms. The standard InChI is InChI=1S/C22H20F2N2O3/c1-14-19(25-22(29-14)16-7-3-5-9-18(16)24)12-21(27)26-10-11-28-20(13-26)15-6-2-4-8-17(15)23/h2-9,20H,10-13H2,1H3. The van der Waals surface area contributed by atoms with E-state index in [1.807, 2.05) is 0 Å². The van der Waals surface area contributed by atoms with Crippen LogP contribution in [0.25, 0.3) is 11.5 Å². The van der Waals surface area contributed by atoms with Gasteiger partial charge in [0.2, 0.25) is 11.8 Å². The molecule has 1 unspecified atom stereocenters. The van der Waals surface area contributed by atoms with Gasteiger partial charge in [-0.1, -0.05) is 30.3 Å². The Kier molecular flexibility index (Phi) is 5.40. The van der Waals surface area contributed by atoms with Gasteiger partial charge in [0.25, 0.3) is 0 Å². The Morgan fingerprint density at radius 2 is 1.86 bits per heavy atom. The van der Waals surface area contributed by atoms with Gasteiger partial charge in [0, 0.05) is 12.1 Å². The molecule has 0 aliphatic carbocycles. The second-order valence-electron chi connectivity index (χ2n) is 6.90. The van der Waals surface area contributed by atoms with E-state index in [9.17, 15) is 13.6 Å². The number of oxazole rings is 1. The lowest BCUT2D eigenvalue weighted by Gasteiger charge is -2.33. The van der Waals surface area contributed by atoms with Gasteiger partial charge in [-0.2, -0.15) is 0 Å². The second-order valence-corrected chi connectivity index (χ2v) is 6.90. The number of benzene rings is 2. The highest BCUT2D eigenvalue weighted by Gasteiger charge is 2.28. The zero-order chi connectivity index (χ0) is 20.4. The SMILES string of the molecule is Cc1oc(-c2ccccc2F)nc1CC(=O)N1CCOC(c2ccccc2F)C1. The van der Waals surface area contributed by atoms with Crippen LogP contribution in [0.2, 0.25) is 0 Å². The molecule has 2 aromatic carbocycles. The number of hydrogen-bond acceptors (Lipinski definition) is 4. The van der Waals surface area contributed by atoms with Crippen LogP contribution >= 0.6 is 0 Å². The average molecular weight is 398 g/mol. The number of halogens is 2. The molecule has 0 saturated carbocycles. The summed E-state index contributed by atoms with van der Waals surface area (Å²) in [7, 11) is 0. The summed E-state index contributed by atoms with van der Waals surface area (Å²) in [6, 6.07) is 12.6. The summed E-state index contributed by atoms with van der Waals surface area (Å²) < 4.78 is 39.3. The lowest BCUT2D eigenvalue weighted by atomic mass is 10.1. The summed E-state index contributed by atoms with van der Waals surface area (Å²) in [5, 5.41) is 0. The highest BCUT2D eigenvalue weighted by atomic mass is 19.1. The van der Waals surface area contributed by atoms with E-state index in [4.69, 9.17) is 9.15 Å². The van der Waals surface area contributed by atoms with Crippen LogP contribution in [0.1, 0.15) is 23.1 Å². The fourth-order valence-electron chi connectivity index (χ4n) is 3.40. The number of nitrogens with zero attached hydrogens (tertiary/aromatic N) is 2. The number of hydrogen-bond donors (Lipinski definition) is 0. The van der Waals surface area contributed by atoms with E-state index in [-0.39, 0.29) is 36.1 Å². The molecule has 0 spiro atoms. The Morgan fingerprint density at radius 1 is 1.14 bits per heavy atom. The summed E-state index contributed by atoms with van der Waals surface area (Å²) in [6.45, 7) is 2.70. The molecular weight excluding hydrogens is 378 g/mol. The maximum absolute atomic E-state index is 14.1. The highest BCUT2D eigenvalue weighted by molar-refractivity contribution is 5.79. The summed E-state index contributed by atoms with van der Waals surface area (Å²) in [5.41, 5.74) is 1.15. The lowest BCUT2D eigenvalue weighted by Crippen LogP contribution is -2.43. The van der Waals surface area contributed by atoms with Crippen LogP contribution in [-0.2, 0) is 16.0 Å². The molecular formula is C22H20F2N2O3. The minimum absolute atomic E-state index is 0.0216. The third kappa shape index (κ3) is 4.05. The first kappa shape index (κ1) is 19.3. The normalized spacial score (nSPS) is 16.8. The molecule has 1 saturated heterocycles. The number of carbonyl (C=O) groups is 1. The number of amides is 1. The van der Waals surface area contributed by atoms with Crippen molar-refractivity contribution >= 4 is 5.91 Å². The van der Waals surface area contributed by atoms with Gasteiger partial charge in [-0.15, -0.1) is 0 Å². The van der Waals surface area contributed by atoms with Crippen LogP contribution in [0.15, 0.2) is 52.9 Å². The monoisotopic (exact) mass is 398 g/mol. The molecule has 1 atom stereocenters. The Bertz CT molecular complexity index is 1030. The van der Waals surface area contributed by atoms with Gasteiger partial charge in [-0.05, 0) is 25.1 Å². The maximum Gasteiger partial charge on any atom is 0.229 e. The van der Waals surface area contributed by atoms with Crippen molar-refractivity contribution in [2.75, 3.05) is 19.7 Å². The average Bonchev–Trinajstić information content (AvgIpc) is 3.09. The fourth-order valence-corrected chi connectivity index (χ4v) is 3.40. The smallest absolute Gasteiger partial charge is 0.229 e. The molecule has 0 radical (unpaired) electrons. The number of aromatic nitrogens is 1. The molecule has 1 aromatic heterocycles. The summed E-state index contributed by atoms with van der Waals surface area (Å²) in [4.78, 5) is 18.8. The van der Waals surface area contributed by atoms with E-state index >= 15 is 0 Å². The minimum atomic E-state index is -0.513. The van der Waals surface area contributed by atoms with Crippen molar-refractivity contribution in [3.05, 3.63) is 77.2 Å². The molecule has 4 rings (SSSR count). The summed E-state index contributed by atoms with van der Waals surface area (Å²) in [5.74, 6) is -0.336. The number of morpholine rings is 1. The van der Waals surface area contributed by atoms with Crippen LogP contribution in [-0.4, -0.2) is 35.5 Å². The van der Waals surface area contributed by atoms with Crippen molar-refractivity contribution in [3.63, 3.8) is 0 Å². The lowest BCUT2D eigenvalue weighted by molar-refractivity contribution is -0.138. The maximum atomic E-state index is 14.1. The summed E-state index contributed by atoms with van der Waals surface area (Å²) in [6.07, 6.45) is -0.491. The fraction of sp³-hybridized carbons (Fsp3) is 0.273. The number of rotatable bonds is 4. The first-order valence-electron chi connectivity index (χ1n) is 9.38. The third-order valence-corrected chi connectivity index (χ3v) is 4.99. The van der Waals surface area contributed by atoms with Crippen molar-refractivity contribution in [1.82, 2.24) is 9.88 Å². The Hall–Kier alpha value is -3.06. The van der Waals surface area contributed by atoms with Crippen molar-refractivity contribution in [1.29, 1.82) is 0 Å². The molecule has 1 fully saturated rings. The van der Waals surface area contributed by atoms with Crippen LogP contribution in [0, 0.1) is 18.6 Å². The van der Waals surface area contributed by atoms with Gasteiger partial charge in [-0.3, -0.25) is 4.79 Å². The molecule has 1 aliphatic rings. The summed E-state index contributed by atoms with van der Waals surface area (Å²) >= 11 is 0. The van der Waals surface area contributed by atoms with Crippen LogP contribution in [0.3, 0.4) is 0 Å². The van der Waals surface area contributed by atoms with Gasteiger partial charge in [-0.25, -0.2) is 13.8 Å². The Labute approximate surface area is 166 Å². The Balaban J connectivity index is 1.48. The minimum Gasteiger partial charge on any atom is -0.441 e. The number of carbonyl (C=O) groups excluding carboxylic acids is 1. The number of aryl methyl sites for hydroxylation is 1. The first-order chi connectivity index (χ1) is 14.0. The predicted molar refractivity (Wildman–Crippen MR) is 102 cm³/mol. The van der Waals surface area contributed by atoms with E-state index < -0.39 is 11.9 Å². The zero-order valence-electron chi connectivity index (χ0n) is 15.9. The van der Waals surface area contributed by atoms with Crippen LogP contribution in [0.5, 0.6) is 0 Å². The first-order valence-corrected chi connectivity index (χ1v) is 9.38. The predicted octanol–water partition coefficient (Wildman–Crippen LogP) is 4.07. The Morgan fingerprint density at radius 3 is 2.62 bits per heavy atom. The second kappa shape index (κ2) is 8.13. The van der Waals surface area contributed by atoms with Crippen LogP contribution < -0.4 is 0 Å². The van der Waals surface area contributed by atoms with E-state index in [2.05, 4.69) is 4.98 Å². The molecule has 2 heterocycles. The van der Waals surface area contributed by atoms with Gasteiger partial charge < -0.3 is 14.1 Å². The van der Waals surface area contributed by atoms with Gasteiger partial charge in [0.15, 0.2) is 0 Å².